The second-order valence-electron chi connectivity index (χ2n) is 6.61. The van der Waals surface area contributed by atoms with Crippen molar-refractivity contribution in [3.8, 4) is 5.75 Å². The molecule has 138 valence electrons. The summed E-state index contributed by atoms with van der Waals surface area (Å²) in [5.74, 6) is 0.991. The number of anilines is 2. The molecule has 2 aromatic rings. The molecule has 1 saturated heterocycles. The summed E-state index contributed by atoms with van der Waals surface area (Å²) in [6, 6.07) is 16.0. The van der Waals surface area contributed by atoms with Crippen molar-refractivity contribution in [3.05, 3.63) is 54.1 Å². The van der Waals surface area contributed by atoms with Crippen molar-refractivity contribution in [3.63, 3.8) is 0 Å². The van der Waals surface area contributed by atoms with E-state index in [9.17, 15) is 4.79 Å². The number of aryl methyl sites for hydroxylation is 1. The maximum Gasteiger partial charge on any atom is 0.225 e. The van der Waals surface area contributed by atoms with Gasteiger partial charge in [-0.3, -0.25) is 9.69 Å². The van der Waals surface area contributed by atoms with Crippen LogP contribution in [0.2, 0.25) is 0 Å². The number of methoxy groups -OCH3 is 1. The van der Waals surface area contributed by atoms with Crippen molar-refractivity contribution in [2.24, 2.45) is 0 Å². The molecule has 0 aliphatic carbocycles. The average Bonchev–Trinajstić information content (AvgIpc) is 2.68. The van der Waals surface area contributed by atoms with Crippen molar-refractivity contribution >= 4 is 17.3 Å². The van der Waals surface area contributed by atoms with E-state index in [0.29, 0.717) is 6.42 Å². The van der Waals surface area contributed by atoms with Gasteiger partial charge in [-0.1, -0.05) is 30.3 Å². The number of hydrogen-bond acceptors (Lipinski definition) is 4. The molecule has 2 aromatic carbocycles. The lowest BCUT2D eigenvalue weighted by Crippen LogP contribution is -2.47. The molecule has 0 saturated carbocycles. The largest absolute Gasteiger partial charge is 0.495 e. The highest BCUT2D eigenvalue weighted by Crippen LogP contribution is 2.28. The molecular formula is C21H27N3O2. The zero-order valence-corrected chi connectivity index (χ0v) is 15.6. The van der Waals surface area contributed by atoms with Crippen LogP contribution in [0.1, 0.15) is 12.0 Å². The normalized spacial score (nSPS) is 14.9. The van der Waals surface area contributed by atoms with Gasteiger partial charge < -0.3 is 15.0 Å². The molecule has 0 unspecified atom stereocenters. The molecule has 1 N–H and O–H groups in total. The van der Waals surface area contributed by atoms with Gasteiger partial charge in [0.1, 0.15) is 5.75 Å². The molecule has 0 spiro atoms. The minimum atomic E-state index is 0.0754. The summed E-state index contributed by atoms with van der Waals surface area (Å²) < 4.78 is 5.46. The number of nitrogens with one attached hydrogen (secondary N) is 1. The molecule has 1 aliphatic rings. The minimum Gasteiger partial charge on any atom is -0.495 e. The maximum atomic E-state index is 12.2. The summed E-state index contributed by atoms with van der Waals surface area (Å²) in [5, 5.41) is 3.01. The standard InChI is InChI=1S/C21H27N3O2/c1-17-7-3-4-8-18(17)22-21(25)11-12-23-13-15-24(16-14-23)19-9-5-6-10-20(19)26-2/h3-10H,11-16H2,1-2H3,(H,22,25). The molecule has 0 aromatic heterocycles. The summed E-state index contributed by atoms with van der Waals surface area (Å²) >= 11 is 0. The van der Waals surface area contributed by atoms with Crippen LogP contribution in [0.4, 0.5) is 11.4 Å². The molecule has 5 heteroatoms. The highest BCUT2D eigenvalue weighted by Gasteiger charge is 2.19. The van der Waals surface area contributed by atoms with Crippen LogP contribution >= 0.6 is 0 Å². The lowest BCUT2D eigenvalue weighted by Gasteiger charge is -2.36. The van der Waals surface area contributed by atoms with Crippen LogP contribution in [-0.2, 0) is 4.79 Å². The third kappa shape index (κ3) is 4.55. The Balaban J connectivity index is 1.45. The van der Waals surface area contributed by atoms with Crippen LogP contribution in [0.25, 0.3) is 0 Å². The molecule has 5 nitrogen and oxygen atoms in total. The van der Waals surface area contributed by atoms with Crippen LogP contribution in [0.15, 0.2) is 48.5 Å². The zero-order chi connectivity index (χ0) is 18.4. The summed E-state index contributed by atoms with van der Waals surface area (Å²) in [7, 11) is 1.71. The Morgan fingerprint density at radius 2 is 1.73 bits per heavy atom. The van der Waals surface area contributed by atoms with E-state index in [0.717, 1.165) is 55.4 Å². The second kappa shape index (κ2) is 8.72. The van der Waals surface area contributed by atoms with E-state index in [1.165, 1.54) is 0 Å². The Morgan fingerprint density at radius 3 is 2.46 bits per heavy atom. The number of nitrogens with zero attached hydrogens (tertiary/aromatic N) is 2. The predicted octanol–water partition coefficient (Wildman–Crippen LogP) is 3.15. The number of hydrogen-bond donors (Lipinski definition) is 1. The molecule has 1 amide bonds. The fourth-order valence-electron chi connectivity index (χ4n) is 3.29. The number of benzene rings is 2. The van der Waals surface area contributed by atoms with E-state index in [2.05, 4.69) is 21.2 Å². The first-order valence-corrected chi connectivity index (χ1v) is 9.13. The van der Waals surface area contributed by atoms with Gasteiger partial charge in [0.05, 0.1) is 12.8 Å². The first kappa shape index (κ1) is 18.3. The Bertz CT molecular complexity index is 740. The maximum absolute atomic E-state index is 12.2. The Kier molecular flexibility index (Phi) is 6.12. The lowest BCUT2D eigenvalue weighted by atomic mass is 10.2. The Labute approximate surface area is 155 Å². The van der Waals surface area contributed by atoms with Crippen molar-refractivity contribution in [2.45, 2.75) is 13.3 Å². The second-order valence-corrected chi connectivity index (χ2v) is 6.61. The third-order valence-corrected chi connectivity index (χ3v) is 4.87. The molecule has 1 heterocycles. The fourth-order valence-corrected chi connectivity index (χ4v) is 3.29. The van der Waals surface area contributed by atoms with Gasteiger partial charge >= 0.3 is 0 Å². The molecule has 0 radical (unpaired) electrons. The zero-order valence-electron chi connectivity index (χ0n) is 15.6. The minimum absolute atomic E-state index is 0.0754. The van der Waals surface area contributed by atoms with Gasteiger partial charge in [-0.05, 0) is 30.7 Å². The number of piperazine rings is 1. The van der Waals surface area contributed by atoms with Crippen LogP contribution in [0.5, 0.6) is 5.75 Å². The molecule has 0 atom stereocenters. The van der Waals surface area contributed by atoms with E-state index in [1.54, 1.807) is 7.11 Å². The quantitative estimate of drug-likeness (QED) is 0.866. The Hall–Kier alpha value is -2.53. The number of ether oxygens (including phenoxy) is 1. The van der Waals surface area contributed by atoms with Crippen LogP contribution in [0, 0.1) is 6.92 Å². The van der Waals surface area contributed by atoms with Gasteiger partial charge in [-0.2, -0.15) is 0 Å². The van der Waals surface area contributed by atoms with Gasteiger partial charge in [-0.25, -0.2) is 0 Å². The van der Waals surface area contributed by atoms with Gasteiger partial charge in [0, 0.05) is 44.8 Å². The van der Waals surface area contributed by atoms with Crippen molar-refractivity contribution in [2.75, 3.05) is 50.1 Å². The summed E-state index contributed by atoms with van der Waals surface area (Å²) in [6.07, 6.45) is 0.517. The average molecular weight is 353 g/mol. The monoisotopic (exact) mass is 353 g/mol. The van der Waals surface area contributed by atoms with Gasteiger partial charge in [0.25, 0.3) is 0 Å². The number of para-hydroxylation sites is 3. The molecule has 1 aliphatic heterocycles. The van der Waals surface area contributed by atoms with E-state index in [1.807, 2.05) is 49.4 Å². The van der Waals surface area contributed by atoms with Crippen molar-refractivity contribution in [1.82, 2.24) is 4.90 Å². The van der Waals surface area contributed by atoms with E-state index in [4.69, 9.17) is 4.74 Å². The van der Waals surface area contributed by atoms with Crippen molar-refractivity contribution < 1.29 is 9.53 Å². The van der Waals surface area contributed by atoms with E-state index >= 15 is 0 Å². The number of amides is 1. The summed E-state index contributed by atoms with van der Waals surface area (Å²) in [4.78, 5) is 16.9. The van der Waals surface area contributed by atoms with E-state index < -0.39 is 0 Å². The van der Waals surface area contributed by atoms with Crippen LogP contribution in [0.3, 0.4) is 0 Å². The smallest absolute Gasteiger partial charge is 0.225 e. The number of carbonyl (C=O) groups excluding carboxylic acids is 1. The predicted molar refractivity (Wildman–Crippen MR) is 106 cm³/mol. The van der Waals surface area contributed by atoms with Crippen LogP contribution < -0.4 is 15.0 Å². The highest BCUT2D eigenvalue weighted by molar-refractivity contribution is 5.91. The number of rotatable bonds is 6. The molecular weight excluding hydrogens is 326 g/mol. The van der Waals surface area contributed by atoms with Crippen molar-refractivity contribution in [1.29, 1.82) is 0 Å². The third-order valence-electron chi connectivity index (χ3n) is 4.87. The molecule has 1 fully saturated rings. The van der Waals surface area contributed by atoms with Gasteiger partial charge in [-0.15, -0.1) is 0 Å². The molecule has 3 rings (SSSR count). The highest BCUT2D eigenvalue weighted by atomic mass is 16.5. The fraction of sp³-hybridized carbons (Fsp3) is 0.381. The lowest BCUT2D eigenvalue weighted by molar-refractivity contribution is -0.116. The molecule has 26 heavy (non-hydrogen) atoms. The SMILES string of the molecule is COc1ccccc1N1CCN(CCC(=O)Nc2ccccc2C)CC1. The van der Waals surface area contributed by atoms with Gasteiger partial charge in [0.2, 0.25) is 5.91 Å². The van der Waals surface area contributed by atoms with Gasteiger partial charge in [0.15, 0.2) is 0 Å². The summed E-state index contributed by atoms with van der Waals surface area (Å²) in [6.45, 7) is 6.59. The first-order valence-electron chi connectivity index (χ1n) is 9.13. The topological polar surface area (TPSA) is 44.8 Å². The molecule has 0 bridgehead atoms. The Morgan fingerprint density at radius 1 is 1.04 bits per heavy atom. The summed E-state index contributed by atoms with van der Waals surface area (Å²) in [5.41, 5.74) is 3.14. The number of carbonyl (C=O) groups is 1. The van der Waals surface area contributed by atoms with Crippen LogP contribution in [-0.4, -0.2) is 50.6 Å². The van der Waals surface area contributed by atoms with E-state index in [-0.39, 0.29) is 5.91 Å². The first-order chi connectivity index (χ1) is 12.7.